The second-order valence-corrected chi connectivity index (χ2v) is 8.92. The number of hydrogen-bond acceptors (Lipinski definition) is 3. The number of rotatable bonds is 6. The maximum Gasteiger partial charge on any atom is 0.673 e. The molecule has 1 nitrogen and oxygen atoms in total. The third kappa shape index (κ3) is 9.33. The first-order valence-electron chi connectivity index (χ1n) is 10.2. The highest BCUT2D eigenvalue weighted by atomic mass is 32.2. The fourth-order valence-electron chi connectivity index (χ4n) is 3.89. The summed E-state index contributed by atoms with van der Waals surface area (Å²) in [4.78, 5) is 12.3. The van der Waals surface area contributed by atoms with Gasteiger partial charge < -0.3 is 34.5 Å². The van der Waals surface area contributed by atoms with Crippen molar-refractivity contribution in [2.24, 2.45) is 5.92 Å². The Balaban J connectivity index is 0.000000519. The van der Waals surface area contributed by atoms with Crippen molar-refractivity contribution in [3.05, 3.63) is 83.9 Å². The Hall–Kier alpha value is -2.32. The van der Waals surface area contributed by atoms with Gasteiger partial charge in [-0.1, -0.05) is 85.4 Å². The second-order valence-electron chi connectivity index (χ2n) is 7.18. The molecule has 35 heavy (non-hydrogen) atoms. The molecular weight excluding hydrogens is 518 g/mol. The van der Waals surface area contributed by atoms with Crippen molar-refractivity contribution in [3.8, 4) is 0 Å². The predicted octanol–water partition coefficient (Wildman–Crippen LogP) is 7.63. The van der Waals surface area contributed by atoms with E-state index < -0.39 is 30.6 Å². The summed E-state index contributed by atoms with van der Waals surface area (Å²) < 4.78 is 77.4. The van der Waals surface area contributed by atoms with Gasteiger partial charge in [0.15, 0.2) is 0 Å². The summed E-state index contributed by atoms with van der Waals surface area (Å²) in [5, 5.41) is 3.01. The summed E-state index contributed by atoms with van der Waals surface area (Å²) >= 11 is 6.95. The van der Waals surface area contributed by atoms with Gasteiger partial charge in [-0.3, -0.25) is 0 Å². The van der Waals surface area contributed by atoms with E-state index >= 15 is 0 Å². The van der Waals surface area contributed by atoms with Gasteiger partial charge >= 0.3 is 36.8 Å². The maximum absolute atomic E-state index is 12.3. The molecule has 0 aromatic heterocycles. The van der Waals surface area contributed by atoms with Crippen molar-refractivity contribution in [3.63, 3.8) is 0 Å². The predicted molar refractivity (Wildman–Crippen MR) is 130 cm³/mol. The van der Waals surface area contributed by atoms with Gasteiger partial charge in [-0.2, -0.15) is 0 Å². The van der Waals surface area contributed by atoms with Gasteiger partial charge in [-0.25, -0.2) is 0 Å². The summed E-state index contributed by atoms with van der Waals surface area (Å²) in [6.07, 6.45) is 7.31. The van der Waals surface area contributed by atoms with Crippen molar-refractivity contribution in [1.82, 2.24) is 0 Å². The van der Waals surface area contributed by atoms with Crippen LogP contribution in [-0.2, 0) is 10.2 Å². The molecule has 0 spiro atoms. The van der Waals surface area contributed by atoms with E-state index in [0.717, 1.165) is 23.3 Å². The number of allylic oxidation sites excluding steroid dienone is 1. The molecule has 2 aromatic rings. The summed E-state index contributed by atoms with van der Waals surface area (Å²) in [5.74, 6) is 0.420. The van der Waals surface area contributed by atoms with E-state index in [2.05, 4.69) is 48.9 Å². The number of halogens is 8. The van der Waals surface area contributed by atoms with Crippen LogP contribution in [0.3, 0.4) is 0 Å². The van der Waals surface area contributed by atoms with E-state index in [1.165, 1.54) is 0 Å². The minimum absolute atomic E-state index is 0.433. The number of carbonyl (C=O) groups excluding carboxylic acids is 1. The van der Waals surface area contributed by atoms with Crippen LogP contribution >= 0.6 is 24.0 Å². The van der Waals surface area contributed by atoms with Gasteiger partial charge in [0, 0.05) is 4.79 Å². The molecule has 0 aliphatic heterocycles. The van der Waals surface area contributed by atoms with E-state index in [0.29, 0.717) is 0 Å². The Bertz CT molecular complexity index is 892. The van der Waals surface area contributed by atoms with E-state index in [9.17, 15) is 39.3 Å². The van der Waals surface area contributed by atoms with Crippen molar-refractivity contribution in [2.75, 3.05) is 5.75 Å². The molecule has 0 saturated heterocycles. The SMILES string of the molecule is CCSC1([C+]=S)C=CCC(c2ccccc2)(c2ccccc2)C1[C+]=O.F[B-](F)(F)F.F[B-](F)(F)F. The van der Waals surface area contributed by atoms with Crippen LogP contribution in [0.2, 0.25) is 0 Å². The first-order chi connectivity index (χ1) is 16.2. The monoisotopic (exact) mass is 538 g/mol. The molecule has 1 aliphatic rings. The second kappa shape index (κ2) is 13.1. The molecule has 0 amide bonds. The molecule has 0 saturated carbocycles. The lowest BCUT2D eigenvalue weighted by Crippen LogP contribution is -2.52. The van der Waals surface area contributed by atoms with E-state index in [4.69, 9.17) is 12.2 Å². The molecule has 188 valence electrons. The van der Waals surface area contributed by atoms with Gasteiger partial charge in [0.1, 0.15) is 0 Å². The van der Waals surface area contributed by atoms with Crippen LogP contribution in [-0.4, -0.2) is 36.7 Å². The van der Waals surface area contributed by atoms with Crippen molar-refractivity contribution >= 4 is 50.1 Å². The molecule has 1 aliphatic carbocycles. The topological polar surface area (TPSA) is 17.1 Å². The third-order valence-corrected chi connectivity index (χ3v) is 6.67. The highest BCUT2D eigenvalue weighted by molar-refractivity contribution is 8.02. The number of thioether (sulfide) groups is 1. The molecular formula is C22H20B2F8OS2. The highest BCUT2D eigenvalue weighted by Crippen LogP contribution is 2.52. The molecule has 13 heteroatoms. The van der Waals surface area contributed by atoms with Crippen LogP contribution in [0.15, 0.2) is 72.8 Å². The van der Waals surface area contributed by atoms with Gasteiger partial charge in [0.25, 0.3) is 12.2 Å². The van der Waals surface area contributed by atoms with Crippen LogP contribution in [0.25, 0.3) is 0 Å². The molecule has 2 atom stereocenters. The van der Waals surface area contributed by atoms with E-state index in [-0.39, 0.29) is 0 Å². The fourth-order valence-corrected chi connectivity index (χ4v) is 5.40. The normalized spacial score (nSPS) is 20.8. The molecule has 0 bridgehead atoms. The standard InChI is InChI=1S/C22H20OS2.2BF4/c1-2-25-21(17-24)14-9-15-22(20(21)16-23,18-10-5-3-6-11-18)19-12-7-4-8-13-19;2*2-1(3,4)5/h3-14,20H,2,15H2,1H3;;/q+2;2*-1. The number of thiocarbonyl (C=S) groups is 1. The minimum atomic E-state index is -6.00. The average Bonchev–Trinajstić information content (AvgIpc) is 2.78. The first kappa shape index (κ1) is 30.7. The Labute approximate surface area is 208 Å². The smallest absolute Gasteiger partial charge is 0.418 e. The summed E-state index contributed by atoms with van der Waals surface area (Å²) in [6, 6.07) is 20.5. The number of benzene rings is 2. The van der Waals surface area contributed by atoms with Crippen molar-refractivity contribution in [1.29, 1.82) is 0 Å². The Kier molecular flexibility index (Phi) is 11.5. The van der Waals surface area contributed by atoms with Crippen LogP contribution in [0.1, 0.15) is 24.5 Å². The minimum Gasteiger partial charge on any atom is -0.418 e. The summed E-state index contributed by atoms with van der Waals surface area (Å²) in [5.41, 5.74) is 1.74. The van der Waals surface area contributed by atoms with Crippen LogP contribution in [0, 0.1) is 5.92 Å². The van der Waals surface area contributed by atoms with Gasteiger partial charge in [0.2, 0.25) is 0 Å². The molecule has 0 fully saturated rings. The molecule has 3 rings (SSSR count). The van der Waals surface area contributed by atoms with E-state index in [1.807, 2.05) is 42.5 Å². The van der Waals surface area contributed by atoms with Gasteiger partial charge in [0.05, 0.1) is 5.41 Å². The van der Waals surface area contributed by atoms with Crippen LogP contribution in [0.5, 0.6) is 0 Å². The lowest BCUT2D eigenvalue weighted by Gasteiger charge is -2.38. The molecule has 0 N–H and O–H groups in total. The Morgan fingerprint density at radius 2 is 1.29 bits per heavy atom. The Morgan fingerprint density at radius 3 is 1.60 bits per heavy atom. The largest absolute Gasteiger partial charge is 0.673 e. The quantitative estimate of drug-likeness (QED) is 0.124. The molecule has 0 heterocycles. The zero-order valence-corrected chi connectivity index (χ0v) is 20.0. The summed E-state index contributed by atoms with van der Waals surface area (Å²) in [7, 11) is -12.0. The fraction of sp³-hybridized carbons (Fsp3) is 0.273. The van der Waals surface area contributed by atoms with E-state index in [1.54, 1.807) is 11.8 Å². The zero-order chi connectivity index (χ0) is 26.8. The van der Waals surface area contributed by atoms with Gasteiger partial charge in [-0.15, -0.1) is 0 Å². The molecule has 2 unspecified atom stereocenters. The highest BCUT2D eigenvalue weighted by Gasteiger charge is 2.68. The van der Waals surface area contributed by atoms with Gasteiger partial charge in [-0.05, 0) is 29.4 Å². The first-order valence-corrected chi connectivity index (χ1v) is 11.6. The van der Waals surface area contributed by atoms with Crippen LogP contribution < -0.4 is 0 Å². The molecule has 2 aromatic carbocycles. The molecule has 0 radical (unpaired) electrons. The lowest BCUT2D eigenvalue weighted by atomic mass is 9.58. The maximum atomic E-state index is 12.3. The Morgan fingerprint density at radius 1 is 0.886 bits per heavy atom. The van der Waals surface area contributed by atoms with Crippen molar-refractivity contribution < 1.29 is 39.3 Å². The zero-order valence-electron chi connectivity index (χ0n) is 18.3. The third-order valence-electron chi connectivity index (χ3n) is 4.97. The van der Waals surface area contributed by atoms with Crippen LogP contribution in [0.4, 0.5) is 34.5 Å². The number of hydrogen-bond donors (Lipinski definition) is 0. The average molecular weight is 538 g/mol. The summed E-state index contributed by atoms with van der Waals surface area (Å²) in [6.45, 7) is 2.08. The lowest BCUT2D eigenvalue weighted by molar-refractivity contribution is 0.361. The van der Waals surface area contributed by atoms with Crippen molar-refractivity contribution in [2.45, 2.75) is 23.5 Å².